The van der Waals surface area contributed by atoms with Crippen molar-refractivity contribution in [2.24, 2.45) is 5.73 Å². The maximum atomic E-state index is 13.1. The van der Waals surface area contributed by atoms with Crippen molar-refractivity contribution >= 4 is 46.3 Å². The van der Waals surface area contributed by atoms with Gasteiger partial charge in [0.1, 0.15) is 5.75 Å². The summed E-state index contributed by atoms with van der Waals surface area (Å²) in [5.41, 5.74) is 9.76. The molecule has 5 nitrogen and oxygen atoms in total. The molecule has 0 fully saturated rings. The summed E-state index contributed by atoms with van der Waals surface area (Å²) in [6.07, 6.45) is 3.34. The van der Waals surface area contributed by atoms with E-state index in [9.17, 15) is 4.79 Å². The number of rotatable bonds is 4. The second kappa shape index (κ2) is 8.34. The summed E-state index contributed by atoms with van der Waals surface area (Å²) in [4.78, 5) is 16.4. The van der Waals surface area contributed by atoms with E-state index in [0.29, 0.717) is 34.2 Å². The fraction of sp³-hybridized carbons (Fsp3) is 0.130. The van der Waals surface area contributed by atoms with E-state index < -0.39 is 0 Å². The maximum Gasteiger partial charge on any atom is 0.268 e. The summed E-state index contributed by atoms with van der Waals surface area (Å²) in [6.45, 7) is 0.514. The fourth-order valence-electron chi connectivity index (χ4n) is 3.45. The van der Waals surface area contributed by atoms with Crippen LogP contribution >= 0.6 is 22.9 Å². The van der Waals surface area contributed by atoms with Gasteiger partial charge >= 0.3 is 0 Å². The van der Waals surface area contributed by atoms with Crippen LogP contribution in [-0.4, -0.2) is 25.8 Å². The third-order valence-electron chi connectivity index (χ3n) is 5.06. The van der Waals surface area contributed by atoms with Crippen LogP contribution < -0.4 is 15.4 Å². The molecule has 152 valence electrons. The Balaban J connectivity index is 1.72. The number of nitrogens with zero attached hydrogens (tertiary/aromatic N) is 1. The Kier molecular flexibility index (Phi) is 5.61. The van der Waals surface area contributed by atoms with E-state index in [4.69, 9.17) is 27.5 Å². The van der Waals surface area contributed by atoms with E-state index in [1.165, 1.54) is 23.8 Å². The number of ether oxygens (including phenoxy) is 1. The molecule has 2 heterocycles. The van der Waals surface area contributed by atoms with Gasteiger partial charge in [-0.2, -0.15) is 0 Å². The predicted molar refractivity (Wildman–Crippen MR) is 124 cm³/mol. The topological polar surface area (TPSA) is 79.4 Å². The smallest absolute Gasteiger partial charge is 0.268 e. The number of hydrogen-bond donors (Lipinski definition) is 2. The van der Waals surface area contributed by atoms with E-state index in [2.05, 4.69) is 0 Å². The van der Waals surface area contributed by atoms with Gasteiger partial charge in [-0.05, 0) is 41.5 Å². The molecular formula is C23H20ClN3O2S. The number of amides is 1. The first kappa shape index (κ1) is 20.2. The molecule has 1 amide bonds. The summed E-state index contributed by atoms with van der Waals surface area (Å²) < 4.78 is 5.95. The summed E-state index contributed by atoms with van der Waals surface area (Å²) in [5.74, 6) is 0.630. The molecule has 1 aliphatic heterocycles. The van der Waals surface area contributed by atoms with Crippen molar-refractivity contribution in [3.8, 4) is 16.2 Å². The van der Waals surface area contributed by atoms with Crippen molar-refractivity contribution in [2.45, 2.75) is 6.42 Å². The molecule has 0 bridgehead atoms. The number of carbonyl (C=O) groups is 1. The third kappa shape index (κ3) is 3.60. The second-order valence-corrected chi connectivity index (χ2v) is 8.32. The number of allylic oxidation sites excluding steroid dienone is 1. The molecule has 1 aliphatic rings. The van der Waals surface area contributed by atoms with Crippen LogP contribution in [0.3, 0.4) is 0 Å². The quantitative estimate of drug-likeness (QED) is 0.548. The van der Waals surface area contributed by atoms with Gasteiger partial charge in [-0.15, -0.1) is 11.3 Å². The van der Waals surface area contributed by atoms with E-state index in [1.807, 2.05) is 42.5 Å². The summed E-state index contributed by atoms with van der Waals surface area (Å²) in [5, 5.41) is 8.05. The van der Waals surface area contributed by atoms with Crippen LogP contribution in [0.2, 0.25) is 5.02 Å². The minimum absolute atomic E-state index is 0.0996. The van der Waals surface area contributed by atoms with Gasteiger partial charge in [-0.3, -0.25) is 4.79 Å². The number of anilines is 1. The van der Waals surface area contributed by atoms with Gasteiger partial charge in [0.2, 0.25) is 0 Å². The molecular weight excluding hydrogens is 418 g/mol. The lowest BCUT2D eigenvalue weighted by atomic mass is 10.0. The van der Waals surface area contributed by atoms with Crippen molar-refractivity contribution < 1.29 is 9.53 Å². The minimum Gasteiger partial charge on any atom is -0.493 e. The summed E-state index contributed by atoms with van der Waals surface area (Å²) in [6, 6.07) is 15.0. The Labute approximate surface area is 183 Å². The highest BCUT2D eigenvalue weighted by Crippen LogP contribution is 2.42. The number of thiophene rings is 1. The molecule has 7 heteroatoms. The largest absolute Gasteiger partial charge is 0.493 e. The molecule has 3 N–H and O–H groups in total. The average Bonchev–Trinajstić information content (AvgIpc) is 3.10. The Morgan fingerprint density at radius 1 is 1.27 bits per heavy atom. The van der Waals surface area contributed by atoms with Gasteiger partial charge in [0.25, 0.3) is 5.91 Å². The number of benzene rings is 2. The van der Waals surface area contributed by atoms with E-state index >= 15 is 0 Å². The molecule has 4 rings (SSSR count). The molecule has 2 aromatic carbocycles. The van der Waals surface area contributed by atoms with Gasteiger partial charge in [-0.25, -0.2) is 0 Å². The van der Waals surface area contributed by atoms with Crippen LogP contribution in [-0.2, 0) is 6.42 Å². The van der Waals surface area contributed by atoms with Crippen molar-refractivity contribution in [2.75, 3.05) is 18.6 Å². The average molecular weight is 438 g/mol. The third-order valence-corrected chi connectivity index (χ3v) is 6.58. The van der Waals surface area contributed by atoms with Crippen LogP contribution in [0.4, 0.5) is 5.69 Å². The number of nitrogens with one attached hydrogen (secondary N) is 1. The Hall–Kier alpha value is -3.09. The highest BCUT2D eigenvalue weighted by atomic mass is 35.5. The molecule has 0 spiro atoms. The second-order valence-electron chi connectivity index (χ2n) is 6.86. The maximum absolute atomic E-state index is 13.1. The predicted octanol–water partition coefficient (Wildman–Crippen LogP) is 5.23. The molecule has 3 aromatic rings. The highest BCUT2D eigenvalue weighted by Gasteiger charge is 2.24. The van der Waals surface area contributed by atoms with E-state index in [0.717, 1.165) is 27.3 Å². The van der Waals surface area contributed by atoms with Crippen molar-refractivity contribution in [3.63, 3.8) is 0 Å². The zero-order valence-corrected chi connectivity index (χ0v) is 17.9. The van der Waals surface area contributed by atoms with Crippen LogP contribution in [0.5, 0.6) is 5.75 Å². The molecule has 0 radical (unpaired) electrons. The van der Waals surface area contributed by atoms with Gasteiger partial charge in [0, 0.05) is 41.9 Å². The summed E-state index contributed by atoms with van der Waals surface area (Å²) >= 11 is 7.72. The first-order chi connectivity index (χ1) is 14.5. The van der Waals surface area contributed by atoms with Gasteiger partial charge in [0.15, 0.2) is 0 Å². The number of hydrogen-bond acceptors (Lipinski definition) is 5. The Bertz CT molecular complexity index is 1170. The molecule has 0 saturated carbocycles. The van der Waals surface area contributed by atoms with Gasteiger partial charge in [-0.1, -0.05) is 29.8 Å². The SMILES string of the molecule is CN(C(=O)c1cc2c(s1)-c1ccc(/C(C=N)=C/N)cc1OCC2)c1ccccc1Cl. The molecule has 1 aromatic heterocycles. The van der Waals surface area contributed by atoms with E-state index in [-0.39, 0.29) is 5.91 Å². The van der Waals surface area contributed by atoms with E-state index in [1.54, 1.807) is 18.0 Å². The lowest BCUT2D eigenvalue weighted by Crippen LogP contribution is -2.25. The number of halogens is 1. The molecule has 0 saturated heterocycles. The van der Waals surface area contributed by atoms with Gasteiger partial charge < -0.3 is 20.8 Å². The molecule has 30 heavy (non-hydrogen) atoms. The standard InChI is InChI=1S/C23H20ClN3O2S/c1-27(19-5-3-2-4-18(19)24)23(28)21-11-15-8-9-29-20-10-14(16(12-25)13-26)6-7-17(20)22(15)30-21/h2-7,10-13,25H,8-9,26H2,1H3/b16-13+,25-12?. The van der Waals surface area contributed by atoms with Crippen LogP contribution in [0.15, 0.2) is 54.7 Å². The normalized spacial score (nSPS) is 12.9. The monoisotopic (exact) mass is 437 g/mol. The zero-order chi connectivity index (χ0) is 21.3. The van der Waals surface area contributed by atoms with Crippen LogP contribution in [0.1, 0.15) is 20.8 Å². The number of fused-ring (bicyclic) bond motifs is 3. The molecule has 0 unspecified atom stereocenters. The van der Waals surface area contributed by atoms with Crippen molar-refractivity contribution in [3.05, 3.63) is 75.8 Å². The van der Waals surface area contributed by atoms with Crippen LogP contribution in [0, 0.1) is 5.41 Å². The number of nitrogens with two attached hydrogens (primary N) is 1. The van der Waals surface area contributed by atoms with Crippen molar-refractivity contribution in [1.29, 1.82) is 5.41 Å². The lowest BCUT2D eigenvalue weighted by Gasteiger charge is -2.17. The number of para-hydroxylation sites is 1. The molecule has 0 atom stereocenters. The minimum atomic E-state index is -0.0996. The first-order valence-corrected chi connectivity index (χ1v) is 10.6. The Morgan fingerprint density at radius 3 is 2.80 bits per heavy atom. The highest BCUT2D eigenvalue weighted by molar-refractivity contribution is 7.17. The zero-order valence-electron chi connectivity index (χ0n) is 16.3. The number of carbonyl (C=O) groups excluding carboxylic acids is 1. The molecule has 0 aliphatic carbocycles. The fourth-order valence-corrected chi connectivity index (χ4v) is 4.93. The summed E-state index contributed by atoms with van der Waals surface area (Å²) in [7, 11) is 1.73. The van der Waals surface area contributed by atoms with Gasteiger partial charge in [0.05, 0.1) is 22.2 Å². The Morgan fingerprint density at radius 2 is 2.07 bits per heavy atom. The lowest BCUT2D eigenvalue weighted by molar-refractivity contribution is 0.0996. The van der Waals surface area contributed by atoms with Crippen LogP contribution in [0.25, 0.3) is 16.0 Å². The van der Waals surface area contributed by atoms with Crippen molar-refractivity contribution in [1.82, 2.24) is 0 Å². The first-order valence-electron chi connectivity index (χ1n) is 9.38.